The maximum Gasteiger partial charge on any atom is 0.257 e. The highest BCUT2D eigenvalue weighted by Crippen LogP contribution is 2.41. The predicted molar refractivity (Wildman–Crippen MR) is 78.4 cm³/mol. The number of aromatic nitrogens is 1. The quantitative estimate of drug-likeness (QED) is 0.886. The molecule has 1 aromatic carbocycles. The van der Waals surface area contributed by atoms with E-state index in [1.807, 2.05) is 0 Å². The molecule has 0 aliphatic carbocycles. The molecular weight excluding hydrogens is 319 g/mol. The van der Waals surface area contributed by atoms with Gasteiger partial charge in [-0.1, -0.05) is 35.0 Å². The van der Waals surface area contributed by atoms with Crippen LogP contribution in [-0.2, 0) is 4.79 Å². The van der Waals surface area contributed by atoms with Gasteiger partial charge in [-0.15, -0.1) is 0 Å². The van der Waals surface area contributed by atoms with Gasteiger partial charge in [-0.25, -0.2) is 4.98 Å². The van der Waals surface area contributed by atoms with Gasteiger partial charge in [0.25, 0.3) is 5.91 Å². The van der Waals surface area contributed by atoms with E-state index >= 15 is 0 Å². The van der Waals surface area contributed by atoms with Crippen LogP contribution in [0.15, 0.2) is 40.4 Å². The number of aliphatic hydroxyl groups is 1. The molecule has 1 unspecified atom stereocenters. The van der Waals surface area contributed by atoms with E-state index in [2.05, 4.69) is 10.3 Å². The summed E-state index contributed by atoms with van der Waals surface area (Å²) in [5.41, 5.74) is 1.04. The van der Waals surface area contributed by atoms with Gasteiger partial charge < -0.3 is 10.4 Å². The van der Waals surface area contributed by atoms with Gasteiger partial charge in [-0.3, -0.25) is 4.79 Å². The fourth-order valence-electron chi connectivity index (χ4n) is 1.87. The molecule has 20 heavy (non-hydrogen) atoms. The van der Waals surface area contributed by atoms with Crippen molar-refractivity contribution in [2.24, 2.45) is 0 Å². The number of pyridine rings is 1. The fraction of sp³-hybridized carbons (Fsp3) is 0.0769. The minimum Gasteiger partial charge on any atom is -0.378 e. The highest BCUT2D eigenvalue weighted by atomic mass is 35.5. The molecule has 4 nitrogen and oxygen atoms in total. The predicted octanol–water partition coefficient (Wildman–Crippen LogP) is 3.53. The first-order chi connectivity index (χ1) is 9.56. The summed E-state index contributed by atoms with van der Waals surface area (Å²) < 4.78 is 0. The first kappa shape index (κ1) is 13.7. The van der Waals surface area contributed by atoms with E-state index in [1.54, 1.807) is 30.5 Å². The highest BCUT2D eigenvalue weighted by Gasteiger charge is 2.29. The number of rotatable bonds is 2. The number of aliphatic hydroxyl groups excluding tert-OH is 1. The number of hydrogen-bond donors (Lipinski definition) is 2. The molecule has 0 saturated heterocycles. The normalized spacial score (nSPS) is 16.9. The number of nitrogens with one attached hydrogen (secondary N) is 1. The maximum absolute atomic E-state index is 11.4. The number of anilines is 1. The molecule has 1 atom stereocenters. The van der Waals surface area contributed by atoms with Crippen molar-refractivity contribution in [1.82, 2.24) is 4.98 Å². The Morgan fingerprint density at radius 3 is 2.85 bits per heavy atom. The highest BCUT2D eigenvalue weighted by molar-refractivity contribution is 7.99. The maximum atomic E-state index is 11.4. The number of halogens is 2. The van der Waals surface area contributed by atoms with Crippen LogP contribution in [0.25, 0.3) is 0 Å². The van der Waals surface area contributed by atoms with Gasteiger partial charge in [0.2, 0.25) is 0 Å². The Balaban J connectivity index is 1.99. The largest absolute Gasteiger partial charge is 0.378 e. The van der Waals surface area contributed by atoms with Crippen molar-refractivity contribution in [3.8, 4) is 0 Å². The van der Waals surface area contributed by atoms with E-state index in [-0.39, 0.29) is 0 Å². The van der Waals surface area contributed by atoms with Crippen LogP contribution in [-0.4, -0.2) is 16.0 Å². The van der Waals surface area contributed by atoms with Crippen LogP contribution in [0.2, 0.25) is 10.0 Å². The molecule has 1 aromatic heterocycles. The second-order valence-corrected chi connectivity index (χ2v) is 6.00. The molecular formula is C13H8Cl2N2O2S. The molecule has 0 radical (unpaired) electrons. The summed E-state index contributed by atoms with van der Waals surface area (Å²) in [7, 11) is 0. The number of hydrogen-bond acceptors (Lipinski definition) is 4. The average molecular weight is 327 g/mol. The minimum atomic E-state index is -1.17. The van der Waals surface area contributed by atoms with E-state index in [9.17, 15) is 9.90 Å². The van der Waals surface area contributed by atoms with Gasteiger partial charge in [-0.05, 0) is 24.3 Å². The SMILES string of the molecule is O=C1Nc2cc(Sc3ncccc3Cl)c(Cl)cc2C1O. The Hall–Kier alpha value is -1.27. The fourth-order valence-corrected chi connectivity index (χ4v) is 3.22. The van der Waals surface area contributed by atoms with E-state index in [1.165, 1.54) is 11.8 Å². The van der Waals surface area contributed by atoms with Crippen LogP contribution < -0.4 is 5.32 Å². The molecule has 0 spiro atoms. The second kappa shape index (κ2) is 5.26. The van der Waals surface area contributed by atoms with Crippen molar-refractivity contribution in [2.45, 2.75) is 16.0 Å². The Morgan fingerprint density at radius 2 is 2.10 bits per heavy atom. The molecule has 3 rings (SSSR count). The number of benzene rings is 1. The van der Waals surface area contributed by atoms with E-state index in [4.69, 9.17) is 23.2 Å². The molecule has 0 saturated carbocycles. The number of carbonyl (C=O) groups excluding carboxylic acids is 1. The third-order valence-corrected chi connectivity index (χ3v) is 4.75. The number of fused-ring (bicyclic) bond motifs is 1. The van der Waals surface area contributed by atoms with Crippen molar-refractivity contribution >= 4 is 46.6 Å². The smallest absolute Gasteiger partial charge is 0.257 e. The zero-order valence-corrected chi connectivity index (χ0v) is 12.3. The zero-order chi connectivity index (χ0) is 14.3. The Bertz CT molecular complexity index is 709. The number of carbonyl (C=O) groups is 1. The summed E-state index contributed by atoms with van der Waals surface area (Å²) in [5.74, 6) is -0.450. The summed E-state index contributed by atoms with van der Waals surface area (Å²) >= 11 is 13.5. The summed E-state index contributed by atoms with van der Waals surface area (Å²) in [4.78, 5) is 16.3. The van der Waals surface area contributed by atoms with Gasteiger partial charge in [0.05, 0.1) is 10.0 Å². The molecule has 0 fully saturated rings. The summed E-state index contributed by atoms with van der Waals surface area (Å²) in [6, 6.07) is 6.77. The molecule has 2 N–H and O–H groups in total. The van der Waals surface area contributed by atoms with Gasteiger partial charge in [0.1, 0.15) is 5.03 Å². The lowest BCUT2D eigenvalue weighted by molar-refractivity contribution is -0.123. The summed E-state index contributed by atoms with van der Waals surface area (Å²) in [5, 5.41) is 13.9. The van der Waals surface area contributed by atoms with Gasteiger partial charge in [0, 0.05) is 22.3 Å². The molecule has 1 aliphatic rings. The van der Waals surface area contributed by atoms with Crippen LogP contribution in [0.3, 0.4) is 0 Å². The Labute approximate surface area is 129 Å². The van der Waals surface area contributed by atoms with Gasteiger partial charge in [0.15, 0.2) is 6.10 Å². The molecule has 102 valence electrons. The van der Waals surface area contributed by atoms with E-state index < -0.39 is 12.0 Å². The van der Waals surface area contributed by atoms with Crippen molar-refractivity contribution < 1.29 is 9.90 Å². The second-order valence-electron chi connectivity index (χ2n) is 4.15. The van der Waals surface area contributed by atoms with Gasteiger partial charge in [-0.2, -0.15) is 0 Å². The summed E-state index contributed by atoms with van der Waals surface area (Å²) in [6.07, 6.45) is 0.473. The first-order valence-electron chi connectivity index (χ1n) is 5.67. The molecule has 2 heterocycles. The van der Waals surface area contributed by atoms with Crippen LogP contribution in [0.5, 0.6) is 0 Å². The lowest BCUT2D eigenvalue weighted by atomic mass is 10.1. The van der Waals surface area contributed by atoms with Crippen LogP contribution >= 0.6 is 35.0 Å². The van der Waals surface area contributed by atoms with Crippen LogP contribution in [0.4, 0.5) is 5.69 Å². The average Bonchev–Trinajstić information content (AvgIpc) is 2.69. The van der Waals surface area contributed by atoms with Crippen LogP contribution in [0.1, 0.15) is 11.7 Å². The van der Waals surface area contributed by atoms with Gasteiger partial charge >= 0.3 is 0 Å². The van der Waals surface area contributed by atoms with E-state index in [0.717, 1.165) is 0 Å². The van der Waals surface area contributed by atoms with Crippen molar-refractivity contribution in [2.75, 3.05) is 5.32 Å². The van der Waals surface area contributed by atoms with Crippen molar-refractivity contribution in [3.05, 3.63) is 46.1 Å². The standard InChI is InChI=1S/C13H8Cl2N2O2S/c14-7-2-1-3-16-13(7)20-10-5-9-6(4-8(10)15)11(18)12(19)17-9/h1-5,11,18H,(H,17,19). The zero-order valence-electron chi connectivity index (χ0n) is 9.93. The molecule has 1 amide bonds. The molecule has 1 aliphatic heterocycles. The molecule has 7 heteroatoms. The molecule has 0 bridgehead atoms. The van der Waals surface area contributed by atoms with Crippen molar-refractivity contribution in [1.29, 1.82) is 0 Å². The number of amides is 1. The third kappa shape index (κ3) is 2.38. The van der Waals surface area contributed by atoms with E-state index in [0.29, 0.717) is 31.2 Å². The Kier molecular flexibility index (Phi) is 3.60. The first-order valence-corrected chi connectivity index (χ1v) is 7.24. The third-order valence-electron chi connectivity index (χ3n) is 2.84. The lowest BCUT2D eigenvalue weighted by Gasteiger charge is -2.08. The number of nitrogens with zero attached hydrogens (tertiary/aromatic N) is 1. The van der Waals surface area contributed by atoms with Crippen LogP contribution in [0, 0.1) is 0 Å². The lowest BCUT2D eigenvalue weighted by Crippen LogP contribution is -2.10. The Morgan fingerprint density at radius 1 is 1.30 bits per heavy atom. The molecule has 2 aromatic rings. The monoisotopic (exact) mass is 326 g/mol. The van der Waals surface area contributed by atoms with Crippen molar-refractivity contribution in [3.63, 3.8) is 0 Å². The minimum absolute atomic E-state index is 0.436. The summed E-state index contributed by atoms with van der Waals surface area (Å²) in [6.45, 7) is 0. The topological polar surface area (TPSA) is 62.2 Å².